The maximum absolute atomic E-state index is 10.3. The highest BCUT2D eigenvalue weighted by molar-refractivity contribution is 5.66. The topological polar surface area (TPSA) is 37.3 Å². The van der Waals surface area contributed by atoms with E-state index in [0.29, 0.717) is 6.42 Å². The SMILES string of the molecule is CC/C=C/C/C=C\C/C=C\CCCCCCCC(=O)O. The predicted molar refractivity (Wildman–Crippen MR) is 86.9 cm³/mol. The van der Waals surface area contributed by atoms with E-state index in [1.165, 1.54) is 12.8 Å². The maximum Gasteiger partial charge on any atom is 0.303 e. The predicted octanol–water partition coefficient (Wildman–Crippen LogP) is 5.66. The molecule has 0 radical (unpaired) electrons. The first-order valence-electron chi connectivity index (χ1n) is 7.94. The molecule has 0 aliphatic carbocycles. The van der Waals surface area contributed by atoms with Crippen molar-refractivity contribution in [3.05, 3.63) is 36.5 Å². The molecular weight excluding hydrogens is 248 g/mol. The third-order valence-corrected chi connectivity index (χ3v) is 3.04. The van der Waals surface area contributed by atoms with Gasteiger partial charge >= 0.3 is 5.97 Å². The summed E-state index contributed by atoms with van der Waals surface area (Å²) in [7, 11) is 0. The minimum atomic E-state index is -0.675. The van der Waals surface area contributed by atoms with E-state index >= 15 is 0 Å². The number of carboxylic acid groups (broad SMARTS) is 1. The van der Waals surface area contributed by atoms with Crippen LogP contribution < -0.4 is 0 Å². The van der Waals surface area contributed by atoms with Crippen molar-refractivity contribution < 1.29 is 9.90 Å². The van der Waals surface area contributed by atoms with Gasteiger partial charge in [-0.15, -0.1) is 0 Å². The zero-order chi connectivity index (χ0) is 14.9. The summed E-state index contributed by atoms with van der Waals surface area (Å²) in [5.41, 5.74) is 0. The molecule has 0 atom stereocenters. The van der Waals surface area contributed by atoms with Gasteiger partial charge in [0, 0.05) is 6.42 Å². The molecule has 20 heavy (non-hydrogen) atoms. The summed E-state index contributed by atoms with van der Waals surface area (Å²) in [4.78, 5) is 10.3. The van der Waals surface area contributed by atoms with Crippen LogP contribution in [-0.4, -0.2) is 11.1 Å². The van der Waals surface area contributed by atoms with Gasteiger partial charge in [-0.25, -0.2) is 0 Å². The first-order chi connectivity index (χ1) is 9.77. The number of carboxylic acids is 1. The van der Waals surface area contributed by atoms with Gasteiger partial charge in [-0.1, -0.05) is 62.6 Å². The van der Waals surface area contributed by atoms with E-state index in [1.54, 1.807) is 0 Å². The lowest BCUT2D eigenvalue weighted by atomic mass is 10.1. The third-order valence-electron chi connectivity index (χ3n) is 3.04. The Kier molecular flexibility index (Phi) is 14.7. The highest BCUT2D eigenvalue weighted by Crippen LogP contribution is 2.07. The van der Waals surface area contributed by atoms with Crippen LogP contribution in [0.3, 0.4) is 0 Å². The van der Waals surface area contributed by atoms with Crippen LogP contribution in [0.4, 0.5) is 0 Å². The van der Waals surface area contributed by atoms with Crippen molar-refractivity contribution >= 4 is 5.97 Å². The van der Waals surface area contributed by atoms with Gasteiger partial charge in [0.2, 0.25) is 0 Å². The molecule has 0 saturated carbocycles. The van der Waals surface area contributed by atoms with E-state index in [0.717, 1.165) is 44.9 Å². The standard InChI is InChI=1S/C18H30O2/c1-2-3-4-5-6-7-8-9-10-11-12-13-14-15-16-17-18(19)20/h3-4,6-7,9-10H,2,5,8,11-17H2,1H3,(H,19,20)/b4-3+,7-6-,10-9-. The van der Waals surface area contributed by atoms with Gasteiger partial charge in [0.15, 0.2) is 0 Å². The first-order valence-corrected chi connectivity index (χ1v) is 7.94. The van der Waals surface area contributed by atoms with Crippen molar-refractivity contribution in [3.8, 4) is 0 Å². The van der Waals surface area contributed by atoms with Gasteiger partial charge in [-0.05, 0) is 38.5 Å². The van der Waals surface area contributed by atoms with E-state index in [2.05, 4.69) is 43.4 Å². The normalized spacial score (nSPS) is 12.1. The zero-order valence-corrected chi connectivity index (χ0v) is 12.9. The molecule has 1 N–H and O–H groups in total. The summed E-state index contributed by atoms with van der Waals surface area (Å²) in [6, 6.07) is 0. The molecule has 0 aromatic carbocycles. The van der Waals surface area contributed by atoms with Gasteiger partial charge in [-0.2, -0.15) is 0 Å². The summed E-state index contributed by atoms with van der Waals surface area (Å²) in [6.45, 7) is 2.15. The van der Waals surface area contributed by atoms with Crippen molar-refractivity contribution in [1.82, 2.24) is 0 Å². The first kappa shape index (κ1) is 18.7. The summed E-state index contributed by atoms with van der Waals surface area (Å²) in [5, 5.41) is 8.50. The molecule has 0 amide bonds. The number of hydrogen-bond donors (Lipinski definition) is 1. The molecule has 114 valence electrons. The molecule has 0 aromatic rings. The zero-order valence-electron chi connectivity index (χ0n) is 12.9. The molecule has 0 heterocycles. The highest BCUT2D eigenvalue weighted by atomic mass is 16.4. The van der Waals surface area contributed by atoms with Crippen molar-refractivity contribution in [3.63, 3.8) is 0 Å². The fourth-order valence-electron chi connectivity index (χ4n) is 1.90. The Bertz CT molecular complexity index is 301. The number of rotatable bonds is 13. The van der Waals surface area contributed by atoms with Crippen molar-refractivity contribution in [2.75, 3.05) is 0 Å². The van der Waals surface area contributed by atoms with Crippen molar-refractivity contribution in [2.24, 2.45) is 0 Å². The van der Waals surface area contributed by atoms with E-state index in [4.69, 9.17) is 5.11 Å². The Morgan fingerprint density at radius 2 is 1.35 bits per heavy atom. The molecule has 0 aromatic heterocycles. The molecule has 0 fully saturated rings. The third kappa shape index (κ3) is 16.7. The minimum absolute atomic E-state index is 0.319. The molecule has 2 heteroatoms. The van der Waals surface area contributed by atoms with Gasteiger partial charge in [-0.3, -0.25) is 4.79 Å². The van der Waals surface area contributed by atoms with Gasteiger partial charge in [0.1, 0.15) is 0 Å². The Hall–Kier alpha value is -1.31. The van der Waals surface area contributed by atoms with Crippen LogP contribution in [0.15, 0.2) is 36.5 Å². The van der Waals surface area contributed by atoms with Gasteiger partial charge in [0.05, 0.1) is 0 Å². The van der Waals surface area contributed by atoms with Crippen molar-refractivity contribution in [1.29, 1.82) is 0 Å². The van der Waals surface area contributed by atoms with Crippen LogP contribution in [-0.2, 0) is 4.79 Å². The molecule has 2 nitrogen and oxygen atoms in total. The number of unbranched alkanes of at least 4 members (excludes halogenated alkanes) is 5. The molecule has 0 unspecified atom stereocenters. The van der Waals surface area contributed by atoms with Gasteiger partial charge in [0.25, 0.3) is 0 Å². The summed E-state index contributed by atoms with van der Waals surface area (Å²) in [6.07, 6.45) is 23.4. The number of carbonyl (C=O) groups is 1. The second-order valence-electron chi connectivity index (χ2n) is 4.99. The van der Waals surface area contributed by atoms with Crippen LogP contribution in [0, 0.1) is 0 Å². The van der Waals surface area contributed by atoms with Crippen LogP contribution in [0.1, 0.15) is 71.1 Å². The summed E-state index contributed by atoms with van der Waals surface area (Å²) in [5.74, 6) is -0.675. The maximum atomic E-state index is 10.3. The minimum Gasteiger partial charge on any atom is -0.481 e. The molecule has 0 rings (SSSR count). The highest BCUT2D eigenvalue weighted by Gasteiger charge is 1.95. The number of allylic oxidation sites excluding steroid dienone is 6. The second-order valence-corrected chi connectivity index (χ2v) is 4.99. The fraction of sp³-hybridized carbons (Fsp3) is 0.611. The monoisotopic (exact) mass is 278 g/mol. The molecular formula is C18H30O2. The molecule has 0 spiro atoms. The van der Waals surface area contributed by atoms with E-state index in [-0.39, 0.29) is 0 Å². The number of hydrogen-bond acceptors (Lipinski definition) is 1. The Balaban J connectivity index is 3.23. The van der Waals surface area contributed by atoms with E-state index in [1.807, 2.05) is 0 Å². The average molecular weight is 278 g/mol. The summed E-state index contributed by atoms with van der Waals surface area (Å²) >= 11 is 0. The van der Waals surface area contributed by atoms with E-state index in [9.17, 15) is 4.79 Å². The van der Waals surface area contributed by atoms with Crippen LogP contribution >= 0.6 is 0 Å². The average Bonchev–Trinajstić information content (AvgIpc) is 2.43. The Morgan fingerprint density at radius 1 is 0.800 bits per heavy atom. The molecule has 0 saturated heterocycles. The lowest BCUT2D eigenvalue weighted by molar-refractivity contribution is -0.137. The second kappa shape index (κ2) is 15.7. The number of aliphatic carboxylic acids is 1. The van der Waals surface area contributed by atoms with Crippen LogP contribution in [0.5, 0.6) is 0 Å². The largest absolute Gasteiger partial charge is 0.481 e. The molecule has 0 aliphatic rings. The van der Waals surface area contributed by atoms with Crippen LogP contribution in [0.25, 0.3) is 0 Å². The Labute approximate surface area is 124 Å². The fourth-order valence-corrected chi connectivity index (χ4v) is 1.90. The summed E-state index contributed by atoms with van der Waals surface area (Å²) < 4.78 is 0. The van der Waals surface area contributed by atoms with Crippen LogP contribution in [0.2, 0.25) is 0 Å². The Morgan fingerprint density at radius 3 is 2.00 bits per heavy atom. The smallest absolute Gasteiger partial charge is 0.303 e. The lowest BCUT2D eigenvalue weighted by Crippen LogP contribution is -1.93. The van der Waals surface area contributed by atoms with Crippen molar-refractivity contribution in [2.45, 2.75) is 71.1 Å². The van der Waals surface area contributed by atoms with E-state index < -0.39 is 5.97 Å². The lowest BCUT2D eigenvalue weighted by Gasteiger charge is -1.98. The molecule has 0 aliphatic heterocycles. The van der Waals surface area contributed by atoms with Gasteiger partial charge < -0.3 is 5.11 Å². The quantitative estimate of drug-likeness (QED) is 0.348. The molecule has 0 bridgehead atoms.